The molecule has 2 fully saturated rings. The fourth-order valence-electron chi connectivity index (χ4n) is 3.80. The van der Waals surface area contributed by atoms with Gasteiger partial charge in [-0.1, -0.05) is 26.7 Å². The molecule has 4 atom stereocenters. The van der Waals surface area contributed by atoms with Gasteiger partial charge in [0.25, 0.3) is 5.91 Å². The Morgan fingerprint density at radius 2 is 2.04 bits per heavy atom. The van der Waals surface area contributed by atoms with E-state index in [1.807, 2.05) is 4.90 Å². The van der Waals surface area contributed by atoms with Gasteiger partial charge < -0.3 is 19.7 Å². The Labute approximate surface area is 149 Å². The van der Waals surface area contributed by atoms with Crippen molar-refractivity contribution in [2.75, 3.05) is 33.4 Å². The van der Waals surface area contributed by atoms with E-state index in [1.165, 1.54) is 6.42 Å². The Morgan fingerprint density at radius 1 is 1.28 bits per heavy atom. The van der Waals surface area contributed by atoms with Crippen LogP contribution >= 0.6 is 0 Å². The quantitative estimate of drug-likeness (QED) is 0.544. The number of ether oxygens (including phenoxy) is 2. The summed E-state index contributed by atoms with van der Waals surface area (Å²) in [7, 11) is 1.54. The highest BCUT2D eigenvalue weighted by Gasteiger charge is 2.42. The molecule has 1 saturated carbocycles. The number of hydrogen-bond donors (Lipinski definition) is 1. The third-order valence-corrected chi connectivity index (χ3v) is 5.53. The minimum atomic E-state index is -0.469. The third kappa shape index (κ3) is 5.17. The monoisotopic (exact) mass is 354 g/mol. The van der Waals surface area contributed by atoms with Gasteiger partial charge in [-0.25, -0.2) is 0 Å². The Bertz CT molecular complexity index is 496. The summed E-state index contributed by atoms with van der Waals surface area (Å²) in [4.78, 5) is 38.0. The van der Waals surface area contributed by atoms with Crippen LogP contribution in [0.4, 0.5) is 0 Å². The average Bonchev–Trinajstić information content (AvgIpc) is 2.97. The smallest absolute Gasteiger partial charge is 0.311 e. The number of carbonyl (C=O) groups is 3. The predicted octanol–water partition coefficient (Wildman–Crippen LogP) is 0.965. The number of nitrogens with zero attached hydrogens (tertiary/aromatic N) is 1. The first-order valence-corrected chi connectivity index (χ1v) is 9.15. The van der Waals surface area contributed by atoms with E-state index in [9.17, 15) is 14.4 Å². The lowest BCUT2D eigenvalue weighted by molar-refractivity contribution is -0.152. The van der Waals surface area contributed by atoms with Gasteiger partial charge in [0, 0.05) is 32.7 Å². The highest BCUT2D eigenvalue weighted by atomic mass is 16.5. The van der Waals surface area contributed by atoms with Gasteiger partial charge in [-0.3, -0.25) is 14.4 Å². The van der Waals surface area contributed by atoms with E-state index in [4.69, 9.17) is 9.47 Å². The highest BCUT2D eigenvalue weighted by Crippen LogP contribution is 2.35. The standard InChI is InChI=1S/C18H30N2O5/c1-12-5-4-6-15(13(12)2)20-10-14(9-17(20)22)18(23)25-11-16(21)19-7-8-24-3/h12-15H,4-11H2,1-3H3,(H,19,21)/t12-,13+,14+,15-/m0/s1. The van der Waals surface area contributed by atoms with Gasteiger partial charge in [0.1, 0.15) is 0 Å². The molecule has 142 valence electrons. The number of hydrogen-bond acceptors (Lipinski definition) is 5. The summed E-state index contributed by atoms with van der Waals surface area (Å²) in [6, 6.07) is 0.214. The molecule has 2 aliphatic rings. The van der Waals surface area contributed by atoms with Crippen LogP contribution in [-0.2, 0) is 23.9 Å². The molecule has 0 radical (unpaired) electrons. The Hall–Kier alpha value is -1.63. The molecule has 1 saturated heterocycles. The minimum Gasteiger partial charge on any atom is -0.455 e. The van der Waals surface area contributed by atoms with Gasteiger partial charge in [0.15, 0.2) is 6.61 Å². The van der Waals surface area contributed by atoms with Crippen molar-refractivity contribution in [3.8, 4) is 0 Å². The SMILES string of the molecule is COCCNC(=O)COC(=O)[C@@H]1CC(=O)N([C@H]2CCC[C@H](C)[C@H]2C)C1. The molecule has 2 amide bonds. The molecule has 25 heavy (non-hydrogen) atoms. The molecule has 1 aliphatic carbocycles. The van der Waals surface area contributed by atoms with Crippen LogP contribution in [0.25, 0.3) is 0 Å². The summed E-state index contributed by atoms with van der Waals surface area (Å²) < 4.78 is 9.91. The predicted molar refractivity (Wildman–Crippen MR) is 91.6 cm³/mol. The average molecular weight is 354 g/mol. The van der Waals surface area contributed by atoms with Gasteiger partial charge >= 0.3 is 5.97 Å². The van der Waals surface area contributed by atoms with Gasteiger partial charge in [0.05, 0.1) is 12.5 Å². The highest BCUT2D eigenvalue weighted by molar-refractivity contribution is 5.88. The molecule has 7 nitrogen and oxygen atoms in total. The van der Waals surface area contributed by atoms with Crippen molar-refractivity contribution in [2.45, 2.75) is 45.6 Å². The zero-order valence-corrected chi connectivity index (χ0v) is 15.5. The van der Waals surface area contributed by atoms with Crippen molar-refractivity contribution in [3.63, 3.8) is 0 Å². The zero-order chi connectivity index (χ0) is 18.4. The number of amides is 2. The van der Waals surface area contributed by atoms with Crippen molar-refractivity contribution in [2.24, 2.45) is 17.8 Å². The van der Waals surface area contributed by atoms with Crippen LogP contribution in [-0.4, -0.2) is 62.1 Å². The van der Waals surface area contributed by atoms with E-state index in [0.717, 1.165) is 12.8 Å². The number of esters is 1. The van der Waals surface area contributed by atoms with Crippen molar-refractivity contribution in [3.05, 3.63) is 0 Å². The van der Waals surface area contributed by atoms with E-state index >= 15 is 0 Å². The molecule has 1 N–H and O–H groups in total. The van der Waals surface area contributed by atoms with Crippen LogP contribution in [0.15, 0.2) is 0 Å². The van der Waals surface area contributed by atoms with Gasteiger partial charge in [-0.05, 0) is 18.3 Å². The van der Waals surface area contributed by atoms with Gasteiger partial charge in [-0.15, -0.1) is 0 Å². The van der Waals surface area contributed by atoms with E-state index in [-0.39, 0.29) is 30.9 Å². The Balaban J connectivity index is 1.81. The third-order valence-electron chi connectivity index (χ3n) is 5.53. The molecule has 7 heteroatoms. The summed E-state index contributed by atoms with van der Waals surface area (Å²) in [5.41, 5.74) is 0. The Morgan fingerprint density at radius 3 is 2.76 bits per heavy atom. The van der Waals surface area contributed by atoms with Crippen LogP contribution in [0.3, 0.4) is 0 Å². The first-order valence-electron chi connectivity index (χ1n) is 9.15. The molecule has 1 aliphatic heterocycles. The first-order chi connectivity index (χ1) is 11.9. The fraction of sp³-hybridized carbons (Fsp3) is 0.833. The fourth-order valence-corrected chi connectivity index (χ4v) is 3.80. The van der Waals surface area contributed by atoms with Crippen molar-refractivity contribution < 1.29 is 23.9 Å². The Kier molecular flexibility index (Phi) is 7.23. The first kappa shape index (κ1) is 19.7. The number of methoxy groups -OCH3 is 1. The minimum absolute atomic E-state index is 0.0254. The summed E-state index contributed by atoms with van der Waals surface area (Å²) in [6.07, 6.45) is 3.50. The van der Waals surface area contributed by atoms with Crippen molar-refractivity contribution >= 4 is 17.8 Å². The molecule has 0 aromatic heterocycles. The van der Waals surface area contributed by atoms with E-state index in [1.54, 1.807) is 7.11 Å². The maximum absolute atomic E-state index is 12.4. The normalized spacial score (nSPS) is 29.6. The lowest BCUT2D eigenvalue weighted by atomic mass is 9.77. The van der Waals surface area contributed by atoms with Crippen LogP contribution in [0.2, 0.25) is 0 Å². The molecule has 0 aromatic carbocycles. The summed E-state index contributed by atoms with van der Waals surface area (Å²) >= 11 is 0. The van der Waals surface area contributed by atoms with Crippen LogP contribution in [0.5, 0.6) is 0 Å². The largest absolute Gasteiger partial charge is 0.455 e. The summed E-state index contributed by atoms with van der Waals surface area (Å²) in [5.74, 6) is -0.232. The van der Waals surface area contributed by atoms with Gasteiger partial charge in [0.2, 0.25) is 5.91 Å². The number of rotatable bonds is 7. The van der Waals surface area contributed by atoms with E-state index in [0.29, 0.717) is 31.5 Å². The maximum atomic E-state index is 12.4. The number of likely N-dealkylation sites (tertiary alicyclic amines) is 1. The second-order valence-corrected chi connectivity index (χ2v) is 7.23. The molecular weight excluding hydrogens is 324 g/mol. The molecule has 0 spiro atoms. The number of nitrogens with one attached hydrogen (secondary N) is 1. The molecule has 2 rings (SSSR count). The van der Waals surface area contributed by atoms with E-state index < -0.39 is 11.9 Å². The molecule has 0 aromatic rings. The van der Waals surface area contributed by atoms with Gasteiger partial charge in [-0.2, -0.15) is 0 Å². The lowest BCUT2D eigenvalue weighted by Crippen LogP contribution is -2.45. The second kappa shape index (κ2) is 9.17. The zero-order valence-electron chi connectivity index (χ0n) is 15.5. The van der Waals surface area contributed by atoms with Crippen molar-refractivity contribution in [1.29, 1.82) is 0 Å². The molecule has 0 bridgehead atoms. The van der Waals surface area contributed by atoms with Crippen molar-refractivity contribution in [1.82, 2.24) is 10.2 Å². The van der Waals surface area contributed by atoms with Crippen LogP contribution in [0, 0.1) is 17.8 Å². The van der Waals surface area contributed by atoms with E-state index in [2.05, 4.69) is 19.2 Å². The summed E-state index contributed by atoms with van der Waals surface area (Å²) in [5, 5.41) is 2.59. The second-order valence-electron chi connectivity index (χ2n) is 7.23. The maximum Gasteiger partial charge on any atom is 0.311 e. The molecule has 1 heterocycles. The number of carbonyl (C=O) groups excluding carboxylic acids is 3. The van der Waals surface area contributed by atoms with Crippen LogP contribution < -0.4 is 5.32 Å². The van der Waals surface area contributed by atoms with Crippen LogP contribution in [0.1, 0.15) is 39.5 Å². The lowest BCUT2D eigenvalue weighted by Gasteiger charge is -2.39. The summed E-state index contributed by atoms with van der Waals surface area (Å²) in [6.45, 7) is 5.29. The topological polar surface area (TPSA) is 84.9 Å². The molecular formula is C18H30N2O5. The molecule has 0 unspecified atom stereocenters.